The van der Waals surface area contributed by atoms with Crippen LogP contribution in [0.1, 0.15) is 58.1 Å². The SMILES string of the molecule is CC1CCC(Nc2cn(C)nc2C(C)C)CC1. The van der Waals surface area contributed by atoms with Crippen LogP contribution in [0.3, 0.4) is 0 Å². The number of nitrogens with zero attached hydrogens (tertiary/aromatic N) is 2. The molecule has 0 aliphatic heterocycles. The minimum Gasteiger partial charge on any atom is -0.380 e. The summed E-state index contributed by atoms with van der Waals surface area (Å²) in [6.07, 6.45) is 7.43. The van der Waals surface area contributed by atoms with Crippen molar-refractivity contribution >= 4 is 5.69 Å². The van der Waals surface area contributed by atoms with Crippen LogP contribution in [-0.4, -0.2) is 15.8 Å². The molecule has 0 amide bonds. The van der Waals surface area contributed by atoms with Crippen LogP contribution < -0.4 is 5.32 Å². The molecule has 0 unspecified atom stereocenters. The third kappa shape index (κ3) is 3.02. The molecule has 2 rings (SSSR count). The van der Waals surface area contributed by atoms with E-state index in [9.17, 15) is 0 Å². The normalized spacial score (nSPS) is 25.2. The van der Waals surface area contributed by atoms with E-state index in [-0.39, 0.29) is 0 Å². The van der Waals surface area contributed by atoms with E-state index < -0.39 is 0 Å². The van der Waals surface area contributed by atoms with Crippen LogP contribution in [0, 0.1) is 5.92 Å². The lowest BCUT2D eigenvalue weighted by Gasteiger charge is -2.27. The minimum absolute atomic E-state index is 0.487. The van der Waals surface area contributed by atoms with Gasteiger partial charge in [-0.1, -0.05) is 20.8 Å². The Morgan fingerprint density at radius 2 is 1.94 bits per heavy atom. The number of aryl methyl sites for hydroxylation is 1. The topological polar surface area (TPSA) is 29.9 Å². The van der Waals surface area contributed by atoms with Crippen molar-refractivity contribution in [2.24, 2.45) is 13.0 Å². The smallest absolute Gasteiger partial charge is 0.0881 e. The number of nitrogens with one attached hydrogen (secondary N) is 1. The maximum atomic E-state index is 4.54. The second kappa shape index (κ2) is 5.11. The molecule has 3 heteroatoms. The second-order valence-electron chi connectivity index (χ2n) is 5.86. The van der Waals surface area contributed by atoms with Gasteiger partial charge in [0.15, 0.2) is 0 Å². The highest BCUT2D eigenvalue weighted by Crippen LogP contribution is 2.28. The number of hydrogen-bond acceptors (Lipinski definition) is 2. The van der Waals surface area contributed by atoms with Crippen LogP contribution in [0.15, 0.2) is 6.20 Å². The van der Waals surface area contributed by atoms with Gasteiger partial charge in [0.2, 0.25) is 0 Å². The lowest BCUT2D eigenvalue weighted by molar-refractivity contribution is 0.361. The molecule has 3 nitrogen and oxygen atoms in total. The third-order valence-corrected chi connectivity index (χ3v) is 3.78. The van der Waals surface area contributed by atoms with Crippen LogP contribution in [0.5, 0.6) is 0 Å². The number of rotatable bonds is 3. The lowest BCUT2D eigenvalue weighted by Crippen LogP contribution is -2.25. The largest absolute Gasteiger partial charge is 0.380 e. The fourth-order valence-corrected chi connectivity index (χ4v) is 2.67. The van der Waals surface area contributed by atoms with Crippen LogP contribution in [0.25, 0.3) is 0 Å². The van der Waals surface area contributed by atoms with E-state index in [2.05, 4.69) is 37.4 Å². The van der Waals surface area contributed by atoms with E-state index in [4.69, 9.17) is 0 Å². The Kier molecular flexibility index (Phi) is 3.75. The zero-order chi connectivity index (χ0) is 12.4. The van der Waals surface area contributed by atoms with Crippen LogP contribution >= 0.6 is 0 Å². The number of aromatic nitrogens is 2. The first-order chi connectivity index (χ1) is 8.06. The van der Waals surface area contributed by atoms with Gasteiger partial charge in [-0.2, -0.15) is 5.10 Å². The van der Waals surface area contributed by atoms with Gasteiger partial charge in [0.05, 0.1) is 11.4 Å². The molecule has 1 saturated carbocycles. The molecule has 1 N–H and O–H groups in total. The van der Waals surface area contributed by atoms with E-state index in [1.165, 1.54) is 37.1 Å². The summed E-state index contributed by atoms with van der Waals surface area (Å²) >= 11 is 0. The van der Waals surface area contributed by atoms with Gasteiger partial charge in [0.25, 0.3) is 0 Å². The molecule has 0 saturated heterocycles. The first kappa shape index (κ1) is 12.5. The monoisotopic (exact) mass is 235 g/mol. The van der Waals surface area contributed by atoms with Crippen molar-refractivity contribution in [1.82, 2.24) is 9.78 Å². The van der Waals surface area contributed by atoms with Crippen LogP contribution in [0.4, 0.5) is 5.69 Å². The number of hydrogen-bond donors (Lipinski definition) is 1. The lowest BCUT2D eigenvalue weighted by atomic mass is 9.87. The molecule has 1 fully saturated rings. The van der Waals surface area contributed by atoms with Gasteiger partial charge in [-0.25, -0.2) is 0 Å². The average molecular weight is 235 g/mol. The summed E-state index contributed by atoms with van der Waals surface area (Å²) in [5.74, 6) is 1.40. The zero-order valence-electron chi connectivity index (χ0n) is 11.5. The van der Waals surface area contributed by atoms with E-state index in [0.29, 0.717) is 12.0 Å². The summed E-state index contributed by atoms with van der Waals surface area (Å²) in [5, 5.41) is 8.23. The Morgan fingerprint density at radius 1 is 1.29 bits per heavy atom. The van der Waals surface area contributed by atoms with Crippen molar-refractivity contribution in [3.8, 4) is 0 Å². The van der Waals surface area contributed by atoms with Gasteiger partial charge in [0.1, 0.15) is 0 Å². The van der Waals surface area contributed by atoms with Gasteiger partial charge in [-0.05, 0) is 37.5 Å². The maximum absolute atomic E-state index is 4.54. The summed E-state index contributed by atoms with van der Waals surface area (Å²) in [4.78, 5) is 0. The van der Waals surface area contributed by atoms with Crippen molar-refractivity contribution in [1.29, 1.82) is 0 Å². The fourth-order valence-electron chi connectivity index (χ4n) is 2.67. The predicted octanol–water partition coefficient (Wildman–Crippen LogP) is 3.53. The molecule has 0 radical (unpaired) electrons. The highest BCUT2D eigenvalue weighted by Gasteiger charge is 2.20. The van der Waals surface area contributed by atoms with Crippen molar-refractivity contribution in [2.75, 3.05) is 5.32 Å². The molecular formula is C14H25N3. The summed E-state index contributed by atoms with van der Waals surface area (Å²) < 4.78 is 1.92. The van der Waals surface area contributed by atoms with Gasteiger partial charge < -0.3 is 5.32 Å². The molecular weight excluding hydrogens is 210 g/mol. The van der Waals surface area contributed by atoms with Crippen molar-refractivity contribution in [3.63, 3.8) is 0 Å². The quantitative estimate of drug-likeness (QED) is 0.868. The summed E-state index contributed by atoms with van der Waals surface area (Å²) in [6, 6.07) is 0.646. The third-order valence-electron chi connectivity index (χ3n) is 3.78. The fraction of sp³-hybridized carbons (Fsp3) is 0.786. The van der Waals surface area contributed by atoms with Gasteiger partial charge in [0, 0.05) is 19.3 Å². The molecule has 0 spiro atoms. The molecule has 96 valence electrons. The Balaban J connectivity index is 2.03. The minimum atomic E-state index is 0.487. The van der Waals surface area contributed by atoms with Crippen LogP contribution in [0.2, 0.25) is 0 Å². The van der Waals surface area contributed by atoms with E-state index in [0.717, 1.165) is 5.92 Å². The standard InChI is InChI=1S/C14H25N3/c1-10(2)14-13(9-17(4)16-14)15-12-7-5-11(3)6-8-12/h9-12,15H,5-8H2,1-4H3. The van der Waals surface area contributed by atoms with Crippen molar-refractivity contribution < 1.29 is 0 Å². The Morgan fingerprint density at radius 3 is 2.53 bits per heavy atom. The summed E-state index contributed by atoms with van der Waals surface area (Å²) in [5.41, 5.74) is 2.44. The van der Waals surface area contributed by atoms with Gasteiger partial charge in [-0.15, -0.1) is 0 Å². The van der Waals surface area contributed by atoms with E-state index >= 15 is 0 Å². The van der Waals surface area contributed by atoms with E-state index in [1.54, 1.807) is 0 Å². The molecule has 1 aliphatic rings. The Bertz CT molecular complexity index is 360. The molecule has 0 bridgehead atoms. The molecule has 1 aromatic heterocycles. The molecule has 1 aromatic rings. The van der Waals surface area contributed by atoms with Gasteiger partial charge >= 0.3 is 0 Å². The Labute approximate surface area is 105 Å². The predicted molar refractivity (Wildman–Crippen MR) is 72.3 cm³/mol. The first-order valence-electron chi connectivity index (χ1n) is 6.86. The zero-order valence-corrected chi connectivity index (χ0v) is 11.5. The summed E-state index contributed by atoms with van der Waals surface area (Å²) in [6.45, 7) is 6.77. The van der Waals surface area contributed by atoms with Crippen LogP contribution in [-0.2, 0) is 7.05 Å². The summed E-state index contributed by atoms with van der Waals surface area (Å²) in [7, 11) is 2.00. The highest BCUT2D eigenvalue weighted by atomic mass is 15.3. The molecule has 0 aromatic carbocycles. The molecule has 1 heterocycles. The van der Waals surface area contributed by atoms with Crippen molar-refractivity contribution in [2.45, 2.75) is 58.4 Å². The second-order valence-corrected chi connectivity index (χ2v) is 5.86. The molecule has 0 atom stereocenters. The highest BCUT2D eigenvalue weighted by molar-refractivity contribution is 5.48. The molecule has 17 heavy (non-hydrogen) atoms. The maximum Gasteiger partial charge on any atom is 0.0881 e. The van der Waals surface area contributed by atoms with Crippen molar-refractivity contribution in [3.05, 3.63) is 11.9 Å². The first-order valence-corrected chi connectivity index (χ1v) is 6.86. The number of anilines is 1. The van der Waals surface area contributed by atoms with Gasteiger partial charge in [-0.3, -0.25) is 4.68 Å². The van der Waals surface area contributed by atoms with E-state index in [1.807, 2.05) is 11.7 Å². The molecule has 1 aliphatic carbocycles. The average Bonchev–Trinajstić information content (AvgIpc) is 2.63. The Hall–Kier alpha value is -0.990.